The highest BCUT2D eigenvalue weighted by Gasteiger charge is 2.25. The number of para-hydroxylation sites is 4. The van der Waals surface area contributed by atoms with Crippen molar-refractivity contribution in [1.29, 1.82) is 0 Å². The molecule has 0 atom stereocenters. The van der Waals surface area contributed by atoms with E-state index in [2.05, 4.69) is 263 Å². The fourth-order valence-electron chi connectivity index (χ4n) is 9.94. The zero-order valence-electron chi connectivity index (χ0n) is 41.3. The highest BCUT2D eigenvalue weighted by Crippen LogP contribution is 2.41. The summed E-state index contributed by atoms with van der Waals surface area (Å²) in [6.45, 7) is 18.3. The molecule has 11 aromatic rings. The van der Waals surface area contributed by atoms with E-state index >= 15 is 0 Å². The highest BCUT2D eigenvalue weighted by molar-refractivity contribution is 6.09. The third-order valence-electron chi connectivity index (χ3n) is 13.7. The molecule has 70 heavy (non-hydrogen) atoms. The lowest BCUT2D eigenvalue weighted by molar-refractivity contribution is -0.571. The normalized spacial score (nSPS) is 12.1. The average Bonchev–Trinajstić information content (AvgIpc) is 3.92. The second-order valence-electron chi connectivity index (χ2n) is 20.9. The first-order valence-corrected chi connectivity index (χ1v) is 24.5. The van der Waals surface area contributed by atoms with Crippen LogP contribution in [0, 0.1) is 6.33 Å². The molecule has 0 N–H and O–H groups in total. The lowest BCUT2D eigenvalue weighted by Gasteiger charge is -2.27. The van der Waals surface area contributed by atoms with Gasteiger partial charge < -0.3 is 4.74 Å². The fourth-order valence-corrected chi connectivity index (χ4v) is 9.94. The van der Waals surface area contributed by atoms with Gasteiger partial charge in [0.2, 0.25) is 0 Å². The topological polar surface area (TPSA) is 35.9 Å². The first-order valence-electron chi connectivity index (χ1n) is 24.5. The number of benzene rings is 8. The fraction of sp³-hybridized carbons (Fsp3) is 0.169. The number of aromatic nitrogens is 4. The Bertz CT molecular complexity index is 3700. The van der Waals surface area contributed by atoms with E-state index in [-0.39, 0.29) is 10.8 Å². The van der Waals surface area contributed by atoms with Gasteiger partial charge >= 0.3 is 0 Å². The van der Waals surface area contributed by atoms with Crippen LogP contribution in [0.2, 0.25) is 0 Å². The third-order valence-corrected chi connectivity index (χ3v) is 13.7. The zero-order chi connectivity index (χ0) is 48.3. The van der Waals surface area contributed by atoms with Gasteiger partial charge in [-0.05, 0) is 104 Å². The van der Waals surface area contributed by atoms with Gasteiger partial charge in [0.05, 0.1) is 33.4 Å². The van der Waals surface area contributed by atoms with E-state index in [4.69, 9.17) is 9.72 Å². The lowest BCUT2D eigenvalue weighted by atomic mass is 9.78. The van der Waals surface area contributed by atoms with E-state index in [1.807, 2.05) is 12.3 Å². The highest BCUT2D eigenvalue weighted by atomic mass is 16.5. The molecule has 0 aliphatic carbocycles. The van der Waals surface area contributed by atoms with Crippen LogP contribution in [-0.2, 0) is 10.8 Å². The van der Waals surface area contributed by atoms with Gasteiger partial charge in [-0.15, -0.1) is 0 Å². The molecule has 0 radical (unpaired) electrons. The van der Waals surface area contributed by atoms with Gasteiger partial charge in [0.1, 0.15) is 17.3 Å². The van der Waals surface area contributed by atoms with Crippen LogP contribution in [0.25, 0.3) is 83.4 Å². The number of ether oxygens (including phenoxy) is 1. The summed E-state index contributed by atoms with van der Waals surface area (Å²) in [7, 11) is 0. The van der Waals surface area contributed by atoms with Crippen molar-refractivity contribution in [3.8, 4) is 62.1 Å². The van der Waals surface area contributed by atoms with Crippen LogP contribution < -0.4 is 9.30 Å². The summed E-state index contributed by atoms with van der Waals surface area (Å²) in [4.78, 5) is 5.13. The largest absolute Gasteiger partial charge is 0.458 e. The molecule has 0 saturated carbocycles. The molecule has 8 aromatic carbocycles. The minimum absolute atomic E-state index is 0.0381. The van der Waals surface area contributed by atoms with Crippen LogP contribution in [0.3, 0.4) is 0 Å². The van der Waals surface area contributed by atoms with Gasteiger partial charge in [-0.25, -0.2) is 4.98 Å². The molecule has 0 fully saturated rings. The van der Waals surface area contributed by atoms with Crippen LogP contribution in [-0.4, -0.2) is 14.1 Å². The van der Waals surface area contributed by atoms with Crippen molar-refractivity contribution in [3.05, 3.63) is 223 Å². The summed E-state index contributed by atoms with van der Waals surface area (Å²) in [6, 6.07) is 69.3. The van der Waals surface area contributed by atoms with E-state index in [0.29, 0.717) is 5.92 Å². The third kappa shape index (κ3) is 8.15. The van der Waals surface area contributed by atoms with Gasteiger partial charge in [-0.1, -0.05) is 201 Å². The molecular weight excluding hydrogens is 853 g/mol. The number of hydrogen-bond donors (Lipinski definition) is 0. The molecule has 5 nitrogen and oxygen atoms in total. The van der Waals surface area contributed by atoms with E-state index < -0.39 is 0 Å². The number of rotatable bonds is 9. The van der Waals surface area contributed by atoms with Gasteiger partial charge in [0, 0.05) is 28.6 Å². The second-order valence-corrected chi connectivity index (χ2v) is 20.9. The maximum Gasteiger partial charge on any atom is 0.269 e. The molecule has 0 spiro atoms. The minimum atomic E-state index is -0.0381. The molecule has 0 saturated heterocycles. The van der Waals surface area contributed by atoms with Crippen molar-refractivity contribution >= 4 is 32.8 Å². The molecule has 3 aromatic heterocycles. The first-order chi connectivity index (χ1) is 33.8. The van der Waals surface area contributed by atoms with Crippen molar-refractivity contribution in [2.45, 2.75) is 72.1 Å². The molecule has 0 amide bonds. The van der Waals surface area contributed by atoms with E-state index in [0.717, 1.165) is 78.4 Å². The van der Waals surface area contributed by atoms with Crippen molar-refractivity contribution in [2.24, 2.45) is 0 Å². The maximum atomic E-state index is 6.84. The number of pyridine rings is 1. The molecular formula is C65H58N4O. The molecule has 0 aliphatic heterocycles. The summed E-state index contributed by atoms with van der Waals surface area (Å²) < 4.78 is 13.5. The van der Waals surface area contributed by atoms with Gasteiger partial charge in [0.25, 0.3) is 6.33 Å². The summed E-state index contributed by atoms with van der Waals surface area (Å²) >= 11 is 0. The predicted octanol–water partition coefficient (Wildman–Crippen LogP) is 16.7. The molecule has 0 aliphatic rings. The lowest BCUT2D eigenvalue weighted by Crippen LogP contribution is -2.31. The average molecular weight is 911 g/mol. The summed E-state index contributed by atoms with van der Waals surface area (Å²) in [5, 5.41) is 2.31. The Kier molecular flexibility index (Phi) is 11.1. The quantitative estimate of drug-likeness (QED) is 0.107. The van der Waals surface area contributed by atoms with Crippen molar-refractivity contribution in [2.75, 3.05) is 0 Å². The Balaban J connectivity index is 1.03. The van der Waals surface area contributed by atoms with E-state index in [1.165, 1.54) is 33.2 Å². The van der Waals surface area contributed by atoms with Gasteiger partial charge in [-0.3, -0.25) is 13.7 Å². The Morgan fingerprint density at radius 2 is 1.09 bits per heavy atom. The van der Waals surface area contributed by atoms with Gasteiger partial charge in [-0.2, -0.15) is 0 Å². The van der Waals surface area contributed by atoms with Gasteiger partial charge in [0.15, 0.2) is 0 Å². The van der Waals surface area contributed by atoms with Crippen LogP contribution in [0.4, 0.5) is 0 Å². The van der Waals surface area contributed by atoms with Crippen LogP contribution in [0.15, 0.2) is 200 Å². The first kappa shape index (κ1) is 44.5. The summed E-state index contributed by atoms with van der Waals surface area (Å²) in [6.07, 6.45) is 5.92. The molecule has 5 heteroatoms. The van der Waals surface area contributed by atoms with E-state index in [9.17, 15) is 0 Å². The standard InChI is InChI=1S/C65H58N4O/c1-43(2)56-40-62(66-41-57(56)45-23-13-10-14-24-45)69-58-30-16-15-27-54(58)55-34-33-51(39-61(55)69)70-50-26-19-25-49(38-50)67-42-68(60-32-18-17-31-59(60)67)63-52(44-21-11-9-12-22-44)28-20-29-53(63)46-35-47(64(3,4)5)37-48(36-46)65(6,7)8/h9-41,43H,1-8H3. The Morgan fingerprint density at radius 1 is 0.500 bits per heavy atom. The minimum Gasteiger partial charge on any atom is -0.458 e. The summed E-state index contributed by atoms with van der Waals surface area (Å²) in [5.74, 6) is 2.64. The number of imidazole rings is 1. The molecule has 3 heterocycles. The smallest absolute Gasteiger partial charge is 0.269 e. The van der Waals surface area contributed by atoms with Crippen LogP contribution >= 0.6 is 0 Å². The van der Waals surface area contributed by atoms with Crippen molar-refractivity contribution < 1.29 is 9.30 Å². The molecule has 0 bridgehead atoms. The van der Waals surface area contributed by atoms with Crippen LogP contribution in [0.1, 0.15) is 78.0 Å². The van der Waals surface area contributed by atoms with Crippen molar-refractivity contribution in [3.63, 3.8) is 0 Å². The summed E-state index contributed by atoms with van der Waals surface area (Å²) in [5.41, 5.74) is 17.0. The maximum absolute atomic E-state index is 6.84. The Morgan fingerprint density at radius 3 is 1.77 bits per heavy atom. The second kappa shape index (κ2) is 17.5. The molecule has 344 valence electrons. The number of fused-ring (bicyclic) bond motifs is 4. The zero-order valence-corrected chi connectivity index (χ0v) is 41.3. The van der Waals surface area contributed by atoms with Crippen LogP contribution in [0.5, 0.6) is 11.5 Å². The Labute approximate surface area is 411 Å². The monoisotopic (exact) mass is 910 g/mol. The van der Waals surface area contributed by atoms with Crippen molar-refractivity contribution in [1.82, 2.24) is 14.1 Å². The van der Waals surface area contributed by atoms with E-state index in [1.54, 1.807) is 0 Å². The molecule has 11 rings (SSSR count). The molecule has 0 unspecified atom stereocenters. The number of hydrogen-bond acceptors (Lipinski definition) is 2. The number of nitrogens with zero attached hydrogens (tertiary/aromatic N) is 4. The Hall–Kier alpha value is -8.02. The predicted molar refractivity (Wildman–Crippen MR) is 290 cm³/mol. The SMILES string of the molecule is CC(C)c1cc(-n2c3ccccc3c3ccc(Oc4cccc(-n5[c-][n+](-c6c(-c7ccccc7)cccc6-c6cc(C(C)(C)C)cc(C(C)(C)C)c6)c6ccccc65)c4)cc32)ncc1-c1ccccc1.